The molecule has 1 N–H and O–H groups in total. The average Bonchev–Trinajstić information content (AvgIpc) is 2.55. The summed E-state index contributed by atoms with van der Waals surface area (Å²) in [5.41, 5.74) is 0.808. The van der Waals surface area contributed by atoms with E-state index in [0.717, 1.165) is 0 Å². The lowest BCUT2D eigenvalue weighted by Crippen LogP contribution is -2.09. The summed E-state index contributed by atoms with van der Waals surface area (Å²) < 4.78 is 10.2. The fraction of sp³-hybridized carbons (Fsp3) is 0.125. The molecule has 1 aromatic carbocycles. The van der Waals surface area contributed by atoms with E-state index in [0.29, 0.717) is 17.0 Å². The summed E-state index contributed by atoms with van der Waals surface area (Å²) in [5, 5.41) is 11.0. The Morgan fingerprint density at radius 1 is 1.30 bits per heavy atom. The van der Waals surface area contributed by atoms with E-state index in [1.165, 1.54) is 25.4 Å². The van der Waals surface area contributed by atoms with Crippen molar-refractivity contribution in [1.82, 2.24) is 4.98 Å². The van der Waals surface area contributed by atoms with Gasteiger partial charge in [0.1, 0.15) is 12.2 Å². The number of pyridine rings is 1. The molecule has 0 aliphatic rings. The van der Waals surface area contributed by atoms with E-state index in [9.17, 15) is 9.59 Å². The predicted molar refractivity (Wildman–Crippen MR) is 81.0 cm³/mol. The maximum atomic E-state index is 11.5. The maximum Gasteiger partial charge on any atom is 0.338 e. The minimum Gasteiger partial charge on any atom is -0.465 e. The van der Waals surface area contributed by atoms with Crippen molar-refractivity contribution < 1.29 is 19.1 Å². The number of aromatic nitrogens is 1. The number of carbonyl (C=O) groups is 2. The van der Waals surface area contributed by atoms with Crippen molar-refractivity contribution in [3.8, 4) is 17.7 Å². The van der Waals surface area contributed by atoms with Gasteiger partial charge in [-0.15, -0.1) is 0 Å². The molecule has 0 saturated heterocycles. The lowest BCUT2D eigenvalue weighted by Gasteiger charge is -2.08. The van der Waals surface area contributed by atoms with Crippen molar-refractivity contribution in [1.29, 1.82) is 5.26 Å². The molecule has 116 valence electrons. The van der Waals surface area contributed by atoms with E-state index in [1.807, 2.05) is 0 Å². The Labute approximate surface area is 132 Å². The molecule has 0 saturated carbocycles. The smallest absolute Gasteiger partial charge is 0.338 e. The van der Waals surface area contributed by atoms with E-state index in [1.54, 1.807) is 30.3 Å². The Morgan fingerprint density at radius 3 is 2.87 bits per heavy atom. The van der Waals surface area contributed by atoms with Crippen LogP contribution >= 0.6 is 0 Å². The zero-order valence-corrected chi connectivity index (χ0v) is 12.3. The first-order valence-electron chi connectivity index (χ1n) is 6.61. The van der Waals surface area contributed by atoms with Gasteiger partial charge in [0, 0.05) is 24.0 Å². The largest absolute Gasteiger partial charge is 0.465 e. The Morgan fingerprint density at radius 2 is 2.13 bits per heavy atom. The number of nitriles is 1. The highest BCUT2D eigenvalue weighted by Crippen LogP contribution is 2.23. The van der Waals surface area contributed by atoms with Gasteiger partial charge in [0.25, 0.3) is 0 Å². The number of ether oxygens (including phenoxy) is 2. The van der Waals surface area contributed by atoms with Crippen molar-refractivity contribution in [3.63, 3.8) is 0 Å². The molecule has 1 heterocycles. The number of esters is 1. The summed E-state index contributed by atoms with van der Waals surface area (Å²) in [4.78, 5) is 26.9. The second-order valence-corrected chi connectivity index (χ2v) is 4.39. The molecule has 2 rings (SSSR count). The standard InChI is InChI=1S/C16H13N3O4/c1-22-16(21)11-6-8-18-15(9-11)23-13-4-2-3-12(10-13)19-14(20)5-7-17/h2-4,6,8-10H,5H2,1H3,(H,19,20). The Bertz CT molecular complexity index is 768. The van der Waals surface area contributed by atoms with Crippen LogP contribution in [0.1, 0.15) is 16.8 Å². The normalized spacial score (nSPS) is 9.57. The fourth-order valence-corrected chi connectivity index (χ4v) is 1.75. The molecule has 0 aliphatic carbocycles. The average molecular weight is 311 g/mol. The molecule has 0 fully saturated rings. The summed E-state index contributed by atoms with van der Waals surface area (Å²) in [5.74, 6) is -0.257. The van der Waals surface area contributed by atoms with Gasteiger partial charge in [-0.2, -0.15) is 5.26 Å². The van der Waals surface area contributed by atoms with Crippen molar-refractivity contribution in [3.05, 3.63) is 48.2 Å². The molecule has 23 heavy (non-hydrogen) atoms. The van der Waals surface area contributed by atoms with Gasteiger partial charge in [0.05, 0.1) is 18.7 Å². The minimum atomic E-state index is -0.491. The molecule has 1 amide bonds. The van der Waals surface area contributed by atoms with Crippen molar-refractivity contribution in [2.45, 2.75) is 6.42 Å². The van der Waals surface area contributed by atoms with Gasteiger partial charge in [-0.1, -0.05) is 6.07 Å². The molecule has 0 unspecified atom stereocenters. The van der Waals surface area contributed by atoms with E-state index in [4.69, 9.17) is 10.00 Å². The van der Waals surface area contributed by atoms with Gasteiger partial charge in [-0.05, 0) is 18.2 Å². The van der Waals surface area contributed by atoms with Gasteiger partial charge in [-0.3, -0.25) is 4.79 Å². The van der Waals surface area contributed by atoms with Gasteiger partial charge in [-0.25, -0.2) is 9.78 Å². The Kier molecular flexibility index (Phi) is 5.25. The number of hydrogen-bond donors (Lipinski definition) is 1. The second kappa shape index (κ2) is 7.56. The molecule has 7 heteroatoms. The van der Waals surface area contributed by atoms with E-state index >= 15 is 0 Å². The molecule has 0 aliphatic heterocycles. The first kappa shape index (κ1) is 16.0. The van der Waals surface area contributed by atoms with Gasteiger partial charge < -0.3 is 14.8 Å². The van der Waals surface area contributed by atoms with Crippen LogP contribution in [0.25, 0.3) is 0 Å². The highest BCUT2D eigenvalue weighted by molar-refractivity contribution is 5.92. The van der Waals surface area contributed by atoms with E-state index in [2.05, 4.69) is 15.0 Å². The topological polar surface area (TPSA) is 101 Å². The molecular weight excluding hydrogens is 298 g/mol. The molecular formula is C16H13N3O4. The quantitative estimate of drug-likeness (QED) is 0.851. The van der Waals surface area contributed by atoms with Crippen LogP contribution in [-0.4, -0.2) is 24.0 Å². The third-order valence-corrected chi connectivity index (χ3v) is 2.74. The van der Waals surface area contributed by atoms with Crippen molar-refractivity contribution in [2.75, 3.05) is 12.4 Å². The number of hydrogen-bond acceptors (Lipinski definition) is 6. The van der Waals surface area contributed by atoms with Crippen LogP contribution in [0.3, 0.4) is 0 Å². The number of amides is 1. The summed E-state index contributed by atoms with van der Waals surface area (Å²) in [7, 11) is 1.29. The molecule has 1 aromatic heterocycles. The van der Waals surface area contributed by atoms with Crippen molar-refractivity contribution >= 4 is 17.6 Å². The number of anilines is 1. The van der Waals surface area contributed by atoms with Crippen LogP contribution in [0, 0.1) is 11.3 Å². The zero-order valence-electron chi connectivity index (χ0n) is 12.3. The Balaban J connectivity index is 2.13. The third-order valence-electron chi connectivity index (χ3n) is 2.74. The lowest BCUT2D eigenvalue weighted by atomic mass is 10.2. The van der Waals surface area contributed by atoms with E-state index < -0.39 is 11.9 Å². The maximum absolute atomic E-state index is 11.5. The zero-order chi connectivity index (χ0) is 16.7. The lowest BCUT2D eigenvalue weighted by molar-refractivity contribution is -0.115. The molecule has 2 aromatic rings. The highest BCUT2D eigenvalue weighted by Gasteiger charge is 2.08. The third kappa shape index (κ3) is 4.54. The second-order valence-electron chi connectivity index (χ2n) is 4.39. The number of nitrogens with one attached hydrogen (secondary N) is 1. The van der Waals surface area contributed by atoms with Crippen LogP contribution in [0.2, 0.25) is 0 Å². The summed E-state index contributed by atoms with van der Waals surface area (Å²) in [6, 6.07) is 11.3. The van der Waals surface area contributed by atoms with Crippen LogP contribution in [0.4, 0.5) is 5.69 Å². The van der Waals surface area contributed by atoms with Crippen LogP contribution < -0.4 is 10.1 Å². The summed E-state index contributed by atoms with van der Waals surface area (Å²) >= 11 is 0. The van der Waals surface area contributed by atoms with Crippen molar-refractivity contribution in [2.24, 2.45) is 0 Å². The van der Waals surface area contributed by atoms with Gasteiger partial charge >= 0.3 is 5.97 Å². The molecule has 0 atom stereocenters. The monoisotopic (exact) mass is 311 g/mol. The number of rotatable bonds is 5. The summed E-state index contributed by atoms with van der Waals surface area (Å²) in [6.45, 7) is 0. The predicted octanol–water partition coefficient (Wildman–Crippen LogP) is 2.51. The molecule has 0 spiro atoms. The number of benzene rings is 1. The SMILES string of the molecule is COC(=O)c1ccnc(Oc2cccc(NC(=O)CC#N)c2)c1. The van der Waals surface area contributed by atoms with Gasteiger partial charge in [0.15, 0.2) is 0 Å². The summed E-state index contributed by atoms with van der Waals surface area (Å²) in [6.07, 6.45) is 1.20. The number of carbonyl (C=O) groups excluding carboxylic acids is 2. The molecule has 0 bridgehead atoms. The van der Waals surface area contributed by atoms with Gasteiger partial charge in [0.2, 0.25) is 11.8 Å². The van der Waals surface area contributed by atoms with E-state index in [-0.39, 0.29) is 12.3 Å². The van der Waals surface area contributed by atoms with Crippen LogP contribution in [0.5, 0.6) is 11.6 Å². The molecule has 7 nitrogen and oxygen atoms in total. The highest BCUT2D eigenvalue weighted by atomic mass is 16.5. The minimum absolute atomic E-state index is 0.216. The number of nitrogens with zero attached hydrogens (tertiary/aromatic N) is 2. The van der Waals surface area contributed by atoms with Crippen LogP contribution in [0.15, 0.2) is 42.6 Å². The Hall–Kier alpha value is -3.40. The first-order valence-corrected chi connectivity index (χ1v) is 6.61. The fourth-order valence-electron chi connectivity index (χ4n) is 1.75. The molecule has 0 radical (unpaired) electrons. The van der Waals surface area contributed by atoms with Crippen LogP contribution in [-0.2, 0) is 9.53 Å². The first-order chi connectivity index (χ1) is 11.1. The number of methoxy groups -OCH3 is 1.